The molecule has 0 radical (unpaired) electrons. The Bertz CT molecular complexity index is 295. The van der Waals surface area contributed by atoms with Gasteiger partial charge in [-0.05, 0) is 38.0 Å². The Morgan fingerprint density at radius 1 is 1.29 bits per heavy atom. The fourth-order valence-corrected chi connectivity index (χ4v) is 2.22. The third-order valence-corrected chi connectivity index (χ3v) is 3.36. The zero-order valence-corrected chi connectivity index (χ0v) is 9.85. The van der Waals surface area contributed by atoms with Crippen molar-refractivity contribution in [3.63, 3.8) is 0 Å². The SMILES string of the molecule is O=C(CC1CCCCO1)NC(C(=O)O)C1CC1. The molecule has 5 nitrogen and oxygen atoms in total. The molecular formula is C12H19NO4. The normalized spacial score (nSPS) is 26.2. The van der Waals surface area contributed by atoms with Gasteiger partial charge in [-0.15, -0.1) is 0 Å². The van der Waals surface area contributed by atoms with Gasteiger partial charge in [0.05, 0.1) is 12.5 Å². The molecule has 1 amide bonds. The molecule has 1 heterocycles. The summed E-state index contributed by atoms with van der Waals surface area (Å²) < 4.78 is 5.46. The summed E-state index contributed by atoms with van der Waals surface area (Å²) in [7, 11) is 0. The zero-order valence-electron chi connectivity index (χ0n) is 9.85. The van der Waals surface area contributed by atoms with Gasteiger partial charge in [-0.25, -0.2) is 4.79 Å². The first-order valence-electron chi connectivity index (χ1n) is 6.30. The number of nitrogens with one attached hydrogen (secondary N) is 1. The van der Waals surface area contributed by atoms with Crippen LogP contribution in [0.3, 0.4) is 0 Å². The average molecular weight is 241 g/mol. The third kappa shape index (κ3) is 3.70. The second kappa shape index (κ2) is 5.49. The molecule has 1 saturated heterocycles. The number of ether oxygens (including phenoxy) is 1. The molecule has 2 atom stereocenters. The van der Waals surface area contributed by atoms with Crippen molar-refractivity contribution in [3.8, 4) is 0 Å². The fraction of sp³-hybridized carbons (Fsp3) is 0.833. The van der Waals surface area contributed by atoms with Crippen LogP contribution in [-0.2, 0) is 14.3 Å². The maximum atomic E-state index is 11.7. The average Bonchev–Trinajstić information content (AvgIpc) is 3.11. The number of hydrogen-bond donors (Lipinski definition) is 2. The van der Waals surface area contributed by atoms with E-state index in [4.69, 9.17) is 9.84 Å². The fourth-order valence-electron chi connectivity index (χ4n) is 2.22. The van der Waals surface area contributed by atoms with E-state index >= 15 is 0 Å². The largest absolute Gasteiger partial charge is 0.480 e. The van der Waals surface area contributed by atoms with Gasteiger partial charge in [-0.3, -0.25) is 4.79 Å². The van der Waals surface area contributed by atoms with E-state index in [2.05, 4.69) is 5.32 Å². The van der Waals surface area contributed by atoms with E-state index in [0.29, 0.717) is 6.61 Å². The third-order valence-electron chi connectivity index (χ3n) is 3.36. The van der Waals surface area contributed by atoms with Gasteiger partial charge < -0.3 is 15.2 Å². The molecule has 17 heavy (non-hydrogen) atoms. The van der Waals surface area contributed by atoms with Gasteiger partial charge >= 0.3 is 5.97 Å². The molecular weight excluding hydrogens is 222 g/mol. The van der Waals surface area contributed by atoms with E-state index < -0.39 is 12.0 Å². The number of carbonyl (C=O) groups excluding carboxylic acids is 1. The first kappa shape index (κ1) is 12.4. The van der Waals surface area contributed by atoms with Crippen molar-refractivity contribution in [3.05, 3.63) is 0 Å². The van der Waals surface area contributed by atoms with Crippen molar-refractivity contribution >= 4 is 11.9 Å². The van der Waals surface area contributed by atoms with Crippen molar-refractivity contribution in [1.29, 1.82) is 0 Å². The number of hydrogen-bond acceptors (Lipinski definition) is 3. The van der Waals surface area contributed by atoms with E-state index in [1.165, 1.54) is 0 Å². The van der Waals surface area contributed by atoms with Crippen molar-refractivity contribution in [2.45, 2.75) is 50.7 Å². The van der Waals surface area contributed by atoms with E-state index in [-0.39, 0.29) is 24.3 Å². The Balaban J connectivity index is 1.76. The van der Waals surface area contributed by atoms with Crippen LogP contribution in [0.5, 0.6) is 0 Å². The van der Waals surface area contributed by atoms with Gasteiger partial charge in [0.2, 0.25) is 5.91 Å². The van der Waals surface area contributed by atoms with Gasteiger partial charge in [0.25, 0.3) is 0 Å². The molecule has 1 aliphatic carbocycles. The number of carboxylic acids is 1. The molecule has 2 fully saturated rings. The summed E-state index contributed by atoms with van der Waals surface area (Å²) in [5.41, 5.74) is 0. The molecule has 0 bridgehead atoms. The summed E-state index contributed by atoms with van der Waals surface area (Å²) in [5.74, 6) is -0.995. The molecule has 0 aromatic carbocycles. The van der Waals surface area contributed by atoms with E-state index in [0.717, 1.165) is 32.1 Å². The number of carbonyl (C=O) groups is 2. The highest BCUT2D eigenvalue weighted by Gasteiger charge is 2.37. The van der Waals surface area contributed by atoms with Crippen LogP contribution >= 0.6 is 0 Å². The maximum absolute atomic E-state index is 11.7. The van der Waals surface area contributed by atoms with Gasteiger partial charge in [0.1, 0.15) is 6.04 Å². The first-order chi connectivity index (χ1) is 8.16. The lowest BCUT2D eigenvalue weighted by Crippen LogP contribution is -2.43. The van der Waals surface area contributed by atoms with Crippen molar-refractivity contribution in [2.75, 3.05) is 6.61 Å². The number of carboxylic acid groups (broad SMARTS) is 1. The Morgan fingerprint density at radius 3 is 2.59 bits per heavy atom. The van der Waals surface area contributed by atoms with Crippen LogP contribution < -0.4 is 5.32 Å². The lowest BCUT2D eigenvalue weighted by Gasteiger charge is -2.23. The molecule has 0 spiro atoms. The van der Waals surface area contributed by atoms with Gasteiger partial charge in [-0.1, -0.05) is 0 Å². The quantitative estimate of drug-likeness (QED) is 0.750. The summed E-state index contributed by atoms with van der Waals surface area (Å²) in [6.45, 7) is 0.711. The Kier molecular flexibility index (Phi) is 3.99. The van der Waals surface area contributed by atoms with Crippen molar-refractivity contribution in [1.82, 2.24) is 5.32 Å². The summed E-state index contributed by atoms with van der Waals surface area (Å²) in [4.78, 5) is 22.7. The molecule has 2 rings (SSSR count). The van der Waals surface area contributed by atoms with Crippen LogP contribution in [0.2, 0.25) is 0 Å². The zero-order chi connectivity index (χ0) is 12.3. The predicted octanol–water partition coefficient (Wildman–Crippen LogP) is 0.925. The van der Waals surface area contributed by atoms with Crippen LogP contribution in [0.15, 0.2) is 0 Å². The number of rotatable bonds is 5. The lowest BCUT2D eigenvalue weighted by molar-refractivity contribution is -0.143. The lowest BCUT2D eigenvalue weighted by atomic mass is 10.1. The van der Waals surface area contributed by atoms with Gasteiger partial charge in [0.15, 0.2) is 0 Å². The minimum atomic E-state index is -0.926. The second-order valence-corrected chi connectivity index (χ2v) is 4.91. The molecule has 2 aliphatic rings. The molecule has 2 unspecified atom stereocenters. The monoisotopic (exact) mass is 241 g/mol. The maximum Gasteiger partial charge on any atom is 0.326 e. The Morgan fingerprint density at radius 2 is 2.06 bits per heavy atom. The summed E-state index contributed by atoms with van der Waals surface area (Å²) >= 11 is 0. The summed E-state index contributed by atoms with van der Waals surface area (Å²) in [6, 6.07) is -0.703. The highest BCUT2D eigenvalue weighted by Crippen LogP contribution is 2.32. The van der Waals surface area contributed by atoms with Crippen LogP contribution in [0.1, 0.15) is 38.5 Å². The highest BCUT2D eigenvalue weighted by molar-refractivity contribution is 5.84. The van der Waals surface area contributed by atoms with E-state index in [1.54, 1.807) is 0 Å². The predicted molar refractivity (Wildman–Crippen MR) is 60.5 cm³/mol. The van der Waals surface area contributed by atoms with Crippen LogP contribution in [0.4, 0.5) is 0 Å². The molecule has 1 aliphatic heterocycles. The van der Waals surface area contributed by atoms with Crippen LogP contribution in [0, 0.1) is 5.92 Å². The minimum absolute atomic E-state index is 0.0302. The van der Waals surface area contributed by atoms with Crippen LogP contribution in [-0.4, -0.2) is 35.7 Å². The van der Waals surface area contributed by atoms with Crippen LogP contribution in [0.25, 0.3) is 0 Å². The number of aliphatic carboxylic acids is 1. The number of amides is 1. The minimum Gasteiger partial charge on any atom is -0.480 e. The molecule has 96 valence electrons. The van der Waals surface area contributed by atoms with Gasteiger partial charge in [0, 0.05) is 6.61 Å². The molecule has 1 saturated carbocycles. The van der Waals surface area contributed by atoms with Crippen molar-refractivity contribution < 1.29 is 19.4 Å². The smallest absolute Gasteiger partial charge is 0.326 e. The molecule has 0 aromatic rings. The van der Waals surface area contributed by atoms with E-state index in [1.807, 2.05) is 0 Å². The first-order valence-corrected chi connectivity index (χ1v) is 6.30. The standard InChI is InChI=1S/C12H19NO4/c14-10(7-9-3-1-2-6-17-9)13-11(12(15)16)8-4-5-8/h8-9,11H,1-7H2,(H,13,14)(H,15,16). The summed E-state index contributed by atoms with van der Waals surface area (Å²) in [5, 5.41) is 11.6. The molecule has 0 aromatic heterocycles. The van der Waals surface area contributed by atoms with Gasteiger partial charge in [-0.2, -0.15) is 0 Å². The van der Waals surface area contributed by atoms with Crippen molar-refractivity contribution in [2.24, 2.45) is 5.92 Å². The van der Waals surface area contributed by atoms with E-state index in [9.17, 15) is 9.59 Å². The highest BCUT2D eigenvalue weighted by atomic mass is 16.5. The molecule has 2 N–H and O–H groups in total. The topological polar surface area (TPSA) is 75.6 Å². The summed E-state index contributed by atoms with van der Waals surface area (Å²) in [6.07, 6.45) is 5.10. The Labute approximate surface area is 101 Å². The molecule has 5 heteroatoms. The Hall–Kier alpha value is -1.10. The second-order valence-electron chi connectivity index (χ2n) is 4.91.